The van der Waals surface area contributed by atoms with Crippen molar-refractivity contribution in [2.45, 2.75) is 6.92 Å². The van der Waals surface area contributed by atoms with Gasteiger partial charge in [0.25, 0.3) is 0 Å². The second-order valence-electron chi connectivity index (χ2n) is 3.97. The lowest BCUT2D eigenvalue weighted by atomic mass is 10.2. The van der Waals surface area contributed by atoms with Crippen molar-refractivity contribution >= 4 is 27.3 Å². The summed E-state index contributed by atoms with van der Waals surface area (Å²) in [6.45, 7) is 2.60. The van der Waals surface area contributed by atoms with Crippen molar-refractivity contribution in [2.24, 2.45) is 0 Å². The van der Waals surface area contributed by atoms with Crippen LogP contribution >= 0.6 is 15.9 Å². The molecule has 0 heterocycles. The maximum atomic E-state index is 13.9. The van der Waals surface area contributed by atoms with Gasteiger partial charge in [-0.3, -0.25) is 0 Å². The molecule has 0 aliphatic heterocycles. The molecule has 2 aromatic rings. The first kappa shape index (κ1) is 13.6. The molecule has 0 saturated heterocycles. The van der Waals surface area contributed by atoms with E-state index in [4.69, 9.17) is 5.26 Å². The van der Waals surface area contributed by atoms with Crippen molar-refractivity contribution in [1.82, 2.24) is 0 Å². The van der Waals surface area contributed by atoms with Gasteiger partial charge in [0.2, 0.25) is 0 Å². The normalized spacial score (nSPS) is 10.0. The number of hydrogen-bond donors (Lipinski definition) is 0. The van der Waals surface area contributed by atoms with Gasteiger partial charge in [0, 0.05) is 16.7 Å². The van der Waals surface area contributed by atoms with E-state index in [-0.39, 0.29) is 5.82 Å². The van der Waals surface area contributed by atoms with Crippen LogP contribution in [0.1, 0.15) is 12.5 Å². The summed E-state index contributed by atoms with van der Waals surface area (Å²) in [5, 5.41) is 8.91. The molecular weight excluding hydrogens is 307 g/mol. The molecule has 0 radical (unpaired) electrons. The summed E-state index contributed by atoms with van der Waals surface area (Å²) in [4.78, 5) is 1.86. The maximum absolute atomic E-state index is 13.9. The monoisotopic (exact) mass is 318 g/mol. The Morgan fingerprint density at radius 2 is 2.00 bits per heavy atom. The van der Waals surface area contributed by atoms with Crippen LogP contribution in [-0.4, -0.2) is 6.54 Å². The summed E-state index contributed by atoms with van der Waals surface area (Å²) in [5.41, 5.74) is 1.94. The largest absolute Gasteiger partial charge is 0.339 e. The molecule has 0 amide bonds. The van der Waals surface area contributed by atoms with Crippen LogP contribution in [0.5, 0.6) is 0 Å². The maximum Gasteiger partial charge on any atom is 0.146 e. The number of halogens is 2. The fourth-order valence-corrected chi connectivity index (χ4v) is 2.38. The highest BCUT2D eigenvalue weighted by Gasteiger charge is 2.12. The standard InChI is InChI=1S/C15H12BrFN2/c1-2-19(15-6-4-3-5-14(15)17)12-8-7-11(10-18)13(16)9-12/h3-9H,2H2,1H3. The van der Waals surface area contributed by atoms with Crippen LogP contribution in [0, 0.1) is 17.1 Å². The van der Waals surface area contributed by atoms with Crippen molar-refractivity contribution in [3.63, 3.8) is 0 Å². The third-order valence-electron chi connectivity index (χ3n) is 2.84. The zero-order valence-corrected chi connectivity index (χ0v) is 12.0. The van der Waals surface area contributed by atoms with Crippen LogP contribution in [0.15, 0.2) is 46.9 Å². The van der Waals surface area contributed by atoms with E-state index in [0.29, 0.717) is 22.3 Å². The van der Waals surface area contributed by atoms with Crippen molar-refractivity contribution in [1.29, 1.82) is 5.26 Å². The van der Waals surface area contributed by atoms with Crippen LogP contribution in [0.3, 0.4) is 0 Å². The molecule has 2 rings (SSSR count). The number of hydrogen-bond acceptors (Lipinski definition) is 2. The Morgan fingerprint density at radius 3 is 2.58 bits per heavy atom. The Kier molecular flexibility index (Phi) is 4.18. The lowest BCUT2D eigenvalue weighted by Crippen LogP contribution is -2.17. The number of anilines is 2. The molecule has 0 aromatic heterocycles. The van der Waals surface area contributed by atoms with Crippen LogP contribution in [0.4, 0.5) is 15.8 Å². The van der Waals surface area contributed by atoms with Crippen LogP contribution < -0.4 is 4.90 Å². The molecule has 96 valence electrons. The van der Waals surface area contributed by atoms with Crippen molar-refractivity contribution < 1.29 is 4.39 Å². The third kappa shape index (κ3) is 2.77. The first-order chi connectivity index (χ1) is 9.17. The summed E-state index contributed by atoms with van der Waals surface area (Å²) in [7, 11) is 0. The van der Waals surface area contributed by atoms with Gasteiger partial charge >= 0.3 is 0 Å². The molecular formula is C15H12BrFN2. The molecule has 0 fully saturated rings. The van der Waals surface area contributed by atoms with Gasteiger partial charge in [-0.15, -0.1) is 0 Å². The van der Waals surface area contributed by atoms with Crippen molar-refractivity contribution in [3.8, 4) is 6.07 Å². The Morgan fingerprint density at radius 1 is 1.26 bits per heavy atom. The van der Waals surface area contributed by atoms with Gasteiger partial charge in [-0.25, -0.2) is 4.39 Å². The van der Waals surface area contributed by atoms with Crippen LogP contribution in [0.2, 0.25) is 0 Å². The Labute approximate surface area is 120 Å². The minimum atomic E-state index is -0.259. The van der Waals surface area contributed by atoms with E-state index >= 15 is 0 Å². The van der Waals surface area contributed by atoms with Gasteiger partial charge in [0.05, 0.1) is 11.3 Å². The minimum Gasteiger partial charge on any atom is -0.339 e. The van der Waals surface area contributed by atoms with Gasteiger partial charge < -0.3 is 4.90 Å². The molecule has 0 saturated carbocycles. The van der Waals surface area contributed by atoms with Crippen molar-refractivity contribution in [2.75, 3.05) is 11.4 Å². The topological polar surface area (TPSA) is 27.0 Å². The zero-order valence-electron chi connectivity index (χ0n) is 10.4. The summed E-state index contributed by atoms with van der Waals surface area (Å²) in [6.07, 6.45) is 0. The minimum absolute atomic E-state index is 0.259. The summed E-state index contributed by atoms with van der Waals surface area (Å²) in [5.74, 6) is -0.259. The van der Waals surface area contributed by atoms with E-state index in [1.165, 1.54) is 6.07 Å². The third-order valence-corrected chi connectivity index (χ3v) is 3.50. The zero-order chi connectivity index (χ0) is 13.8. The smallest absolute Gasteiger partial charge is 0.146 e. The van der Waals surface area contributed by atoms with Crippen molar-refractivity contribution in [3.05, 3.63) is 58.3 Å². The van der Waals surface area contributed by atoms with Crippen LogP contribution in [-0.2, 0) is 0 Å². The number of benzene rings is 2. The number of nitriles is 1. The summed E-state index contributed by atoms with van der Waals surface area (Å²) >= 11 is 3.35. The number of nitrogens with zero attached hydrogens (tertiary/aromatic N) is 2. The Hall–Kier alpha value is -1.86. The number of para-hydroxylation sites is 1. The molecule has 2 aromatic carbocycles. The molecule has 0 spiro atoms. The predicted octanol–water partition coefficient (Wildman–Crippen LogP) is 4.62. The lowest BCUT2D eigenvalue weighted by molar-refractivity contribution is 0.625. The molecule has 0 N–H and O–H groups in total. The summed E-state index contributed by atoms with van der Waals surface area (Å²) in [6, 6.07) is 14.1. The van der Waals surface area contributed by atoms with Gasteiger partial charge in [-0.2, -0.15) is 5.26 Å². The molecule has 0 aliphatic rings. The molecule has 19 heavy (non-hydrogen) atoms. The molecule has 0 bridgehead atoms. The molecule has 4 heteroatoms. The SMILES string of the molecule is CCN(c1ccc(C#N)c(Br)c1)c1ccccc1F. The average Bonchev–Trinajstić information content (AvgIpc) is 2.42. The number of rotatable bonds is 3. The highest BCUT2D eigenvalue weighted by Crippen LogP contribution is 2.30. The van der Waals surface area contributed by atoms with E-state index in [2.05, 4.69) is 22.0 Å². The van der Waals surface area contributed by atoms with E-state index in [0.717, 1.165) is 5.69 Å². The molecule has 0 atom stereocenters. The lowest BCUT2D eigenvalue weighted by Gasteiger charge is -2.24. The Balaban J connectivity index is 2.46. The average molecular weight is 319 g/mol. The van der Waals surface area contributed by atoms with Gasteiger partial charge in [-0.05, 0) is 53.2 Å². The first-order valence-corrected chi connectivity index (χ1v) is 6.68. The van der Waals surface area contributed by atoms with Crippen LogP contribution in [0.25, 0.3) is 0 Å². The fraction of sp³-hybridized carbons (Fsp3) is 0.133. The quantitative estimate of drug-likeness (QED) is 0.825. The molecule has 2 nitrogen and oxygen atoms in total. The first-order valence-electron chi connectivity index (χ1n) is 5.89. The molecule has 0 aliphatic carbocycles. The second kappa shape index (κ2) is 5.85. The van der Waals surface area contributed by atoms with Gasteiger partial charge in [-0.1, -0.05) is 12.1 Å². The Bertz CT molecular complexity index is 634. The van der Waals surface area contributed by atoms with Gasteiger partial charge in [0.15, 0.2) is 0 Å². The highest BCUT2D eigenvalue weighted by molar-refractivity contribution is 9.10. The van der Waals surface area contributed by atoms with E-state index in [1.807, 2.05) is 24.0 Å². The molecule has 0 unspecified atom stereocenters. The fourth-order valence-electron chi connectivity index (χ4n) is 1.93. The van der Waals surface area contributed by atoms with E-state index in [9.17, 15) is 4.39 Å². The highest BCUT2D eigenvalue weighted by atomic mass is 79.9. The second-order valence-corrected chi connectivity index (χ2v) is 4.83. The predicted molar refractivity (Wildman–Crippen MR) is 77.9 cm³/mol. The van der Waals surface area contributed by atoms with E-state index in [1.54, 1.807) is 24.3 Å². The van der Waals surface area contributed by atoms with Gasteiger partial charge in [0.1, 0.15) is 11.9 Å². The summed E-state index contributed by atoms with van der Waals surface area (Å²) < 4.78 is 14.6. The van der Waals surface area contributed by atoms with E-state index < -0.39 is 0 Å².